The van der Waals surface area contributed by atoms with Gasteiger partial charge >= 0.3 is 0 Å². The standard InChI is InChI=1S/C19H19N3O4S/c1-26-14-2-4-18-16(10-14)12(11-20-18)6-7-21-27(24,25)15-3-5-17-13(8-15)9-19(23)22-17/h2-5,8,10-11,20-21H,6-7,9H2,1H3,(H,22,23). The van der Waals surface area contributed by atoms with Gasteiger partial charge < -0.3 is 15.0 Å². The number of fused-ring (bicyclic) bond motifs is 2. The summed E-state index contributed by atoms with van der Waals surface area (Å²) in [5, 5.41) is 3.71. The molecule has 0 unspecified atom stereocenters. The number of hydrogen-bond acceptors (Lipinski definition) is 4. The molecule has 140 valence electrons. The lowest BCUT2D eigenvalue weighted by Crippen LogP contribution is -2.26. The van der Waals surface area contributed by atoms with E-state index < -0.39 is 10.0 Å². The lowest BCUT2D eigenvalue weighted by Gasteiger charge is -2.08. The van der Waals surface area contributed by atoms with Crippen molar-refractivity contribution in [2.45, 2.75) is 17.7 Å². The van der Waals surface area contributed by atoms with Crippen molar-refractivity contribution in [3.8, 4) is 5.75 Å². The summed E-state index contributed by atoms with van der Waals surface area (Å²) in [4.78, 5) is 14.8. The van der Waals surface area contributed by atoms with Gasteiger partial charge in [-0.25, -0.2) is 13.1 Å². The molecule has 2 aromatic carbocycles. The molecule has 0 saturated heterocycles. The monoisotopic (exact) mass is 385 g/mol. The normalized spacial score (nSPS) is 13.6. The van der Waals surface area contributed by atoms with Crippen LogP contribution in [0.15, 0.2) is 47.5 Å². The Morgan fingerprint density at radius 1 is 1.19 bits per heavy atom. The average molecular weight is 385 g/mol. The number of ether oxygens (including phenoxy) is 1. The first-order valence-electron chi connectivity index (χ1n) is 8.53. The van der Waals surface area contributed by atoms with Crippen molar-refractivity contribution in [3.05, 3.63) is 53.7 Å². The molecule has 0 saturated carbocycles. The third kappa shape index (κ3) is 3.41. The van der Waals surface area contributed by atoms with Gasteiger partial charge in [-0.1, -0.05) is 0 Å². The highest BCUT2D eigenvalue weighted by atomic mass is 32.2. The van der Waals surface area contributed by atoms with E-state index in [9.17, 15) is 13.2 Å². The van der Waals surface area contributed by atoms with Crippen molar-refractivity contribution in [3.63, 3.8) is 0 Å². The van der Waals surface area contributed by atoms with Crippen LogP contribution in [0.1, 0.15) is 11.1 Å². The molecule has 0 spiro atoms. The minimum atomic E-state index is -3.64. The number of hydrogen-bond donors (Lipinski definition) is 3. The predicted octanol–water partition coefficient (Wildman–Crippen LogP) is 2.19. The van der Waals surface area contributed by atoms with Crippen LogP contribution in [0.4, 0.5) is 5.69 Å². The molecule has 1 amide bonds. The van der Waals surface area contributed by atoms with Crippen molar-refractivity contribution < 1.29 is 17.9 Å². The Labute approximate surface area is 156 Å². The van der Waals surface area contributed by atoms with E-state index in [0.717, 1.165) is 22.2 Å². The van der Waals surface area contributed by atoms with E-state index in [-0.39, 0.29) is 23.8 Å². The van der Waals surface area contributed by atoms with Gasteiger partial charge in [0.2, 0.25) is 15.9 Å². The molecule has 3 aromatic rings. The summed E-state index contributed by atoms with van der Waals surface area (Å²) in [6, 6.07) is 10.4. The number of aromatic nitrogens is 1. The lowest BCUT2D eigenvalue weighted by atomic mass is 10.1. The second-order valence-corrected chi connectivity index (χ2v) is 8.18. The van der Waals surface area contributed by atoms with E-state index in [1.165, 1.54) is 6.07 Å². The largest absolute Gasteiger partial charge is 0.497 e. The maximum Gasteiger partial charge on any atom is 0.240 e. The van der Waals surface area contributed by atoms with E-state index in [4.69, 9.17) is 4.74 Å². The Balaban J connectivity index is 1.47. The van der Waals surface area contributed by atoms with Crippen LogP contribution in [-0.2, 0) is 27.7 Å². The molecule has 1 aliphatic rings. The highest BCUT2D eigenvalue weighted by molar-refractivity contribution is 7.89. The zero-order valence-corrected chi connectivity index (χ0v) is 15.5. The first-order valence-corrected chi connectivity index (χ1v) is 10.0. The smallest absolute Gasteiger partial charge is 0.240 e. The average Bonchev–Trinajstić information content (AvgIpc) is 3.22. The van der Waals surface area contributed by atoms with E-state index in [2.05, 4.69) is 15.0 Å². The van der Waals surface area contributed by atoms with Gasteiger partial charge in [0, 0.05) is 29.3 Å². The number of H-pyrrole nitrogens is 1. The molecule has 1 aliphatic heterocycles. The fourth-order valence-corrected chi connectivity index (χ4v) is 4.35. The first kappa shape index (κ1) is 17.6. The van der Waals surface area contributed by atoms with E-state index in [1.807, 2.05) is 24.4 Å². The number of aromatic amines is 1. The van der Waals surface area contributed by atoms with Crippen LogP contribution in [-0.4, -0.2) is 33.0 Å². The van der Waals surface area contributed by atoms with Crippen LogP contribution in [0, 0.1) is 0 Å². The number of carbonyl (C=O) groups is 1. The molecule has 8 heteroatoms. The zero-order chi connectivity index (χ0) is 19.0. The highest BCUT2D eigenvalue weighted by Crippen LogP contribution is 2.26. The predicted molar refractivity (Wildman–Crippen MR) is 103 cm³/mol. The van der Waals surface area contributed by atoms with E-state index >= 15 is 0 Å². The number of anilines is 1. The van der Waals surface area contributed by atoms with Gasteiger partial charge in [-0.05, 0) is 53.9 Å². The van der Waals surface area contributed by atoms with Crippen LogP contribution in [0.2, 0.25) is 0 Å². The number of amides is 1. The quantitative estimate of drug-likeness (QED) is 0.605. The fraction of sp³-hybridized carbons (Fsp3) is 0.211. The minimum Gasteiger partial charge on any atom is -0.497 e. The third-order valence-electron chi connectivity index (χ3n) is 4.67. The molecule has 1 aromatic heterocycles. The summed E-state index contributed by atoms with van der Waals surface area (Å²) in [6.07, 6.45) is 2.62. The molecular weight excluding hydrogens is 366 g/mol. The van der Waals surface area contributed by atoms with Crippen molar-refractivity contribution in [2.75, 3.05) is 19.0 Å². The van der Waals surface area contributed by atoms with Gasteiger partial charge in [0.25, 0.3) is 0 Å². The summed E-state index contributed by atoms with van der Waals surface area (Å²) in [6.45, 7) is 0.265. The SMILES string of the molecule is COc1ccc2[nH]cc(CCNS(=O)(=O)c3ccc4c(c3)CC(=O)N4)c2c1. The molecule has 0 bridgehead atoms. The van der Waals surface area contributed by atoms with Crippen LogP contribution in [0.25, 0.3) is 10.9 Å². The third-order valence-corrected chi connectivity index (χ3v) is 6.13. The van der Waals surface area contributed by atoms with Crippen molar-refractivity contribution in [2.24, 2.45) is 0 Å². The summed E-state index contributed by atoms with van der Waals surface area (Å²) in [7, 11) is -2.03. The second-order valence-electron chi connectivity index (χ2n) is 6.42. The molecule has 0 atom stereocenters. The molecule has 4 rings (SSSR count). The van der Waals surface area contributed by atoms with Crippen LogP contribution in [0.5, 0.6) is 5.75 Å². The van der Waals surface area contributed by atoms with Gasteiger partial charge in [0.1, 0.15) is 5.75 Å². The van der Waals surface area contributed by atoms with Crippen molar-refractivity contribution in [1.82, 2.24) is 9.71 Å². The van der Waals surface area contributed by atoms with Gasteiger partial charge in [-0.15, -0.1) is 0 Å². The summed E-state index contributed by atoms with van der Waals surface area (Å²) >= 11 is 0. The molecule has 0 radical (unpaired) electrons. The number of sulfonamides is 1. The number of benzene rings is 2. The first-order chi connectivity index (χ1) is 13.0. The maximum absolute atomic E-state index is 12.6. The van der Waals surface area contributed by atoms with Gasteiger partial charge in [-0.2, -0.15) is 0 Å². The molecule has 27 heavy (non-hydrogen) atoms. The number of nitrogens with one attached hydrogen (secondary N) is 3. The number of carbonyl (C=O) groups excluding carboxylic acids is 1. The van der Waals surface area contributed by atoms with Crippen LogP contribution < -0.4 is 14.8 Å². The Kier molecular flexibility index (Phi) is 4.37. The van der Waals surface area contributed by atoms with Gasteiger partial charge in [0.15, 0.2) is 0 Å². The van der Waals surface area contributed by atoms with Crippen molar-refractivity contribution in [1.29, 1.82) is 0 Å². The summed E-state index contributed by atoms with van der Waals surface area (Å²) < 4.78 is 33.0. The van der Waals surface area contributed by atoms with Gasteiger partial charge in [0.05, 0.1) is 18.4 Å². The highest BCUT2D eigenvalue weighted by Gasteiger charge is 2.21. The zero-order valence-electron chi connectivity index (χ0n) is 14.7. The van der Waals surface area contributed by atoms with E-state index in [1.54, 1.807) is 19.2 Å². The maximum atomic E-state index is 12.6. The molecule has 3 N–H and O–H groups in total. The second kappa shape index (κ2) is 6.71. The molecule has 2 heterocycles. The Hall–Kier alpha value is -2.84. The minimum absolute atomic E-state index is 0.123. The Morgan fingerprint density at radius 2 is 2.04 bits per heavy atom. The molecule has 0 fully saturated rings. The van der Waals surface area contributed by atoms with Gasteiger partial charge in [-0.3, -0.25) is 4.79 Å². The number of rotatable bonds is 6. The van der Waals surface area contributed by atoms with Crippen molar-refractivity contribution >= 4 is 32.5 Å². The molecular formula is C19H19N3O4S. The summed E-state index contributed by atoms with van der Waals surface area (Å²) in [5.74, 6) is 0.632. The summed E-state index contributed by atoms with van der Waals surface area (Å²) in [5.41, 5.74) is 3.36. The number of methoxy groups -OCH3 is 1. The Morgan fingerprint density at radius 3 is 2.85 bits per heavy atom. The fourth-order valence-electron chi connectivity index (χ4n) is 3.27. The molecule has 7 nitrogen and oxygen atoms in total. The van der Waals surface area contributed by atoms with Crippen LogP contribution >= 0.6 is 0 Å². The topological polar surface area (TPSA) is 100 Å². The lowest BCUT2D eigenvalue weighted by molar-refractivity contribution is -0.115. The Bertz CT molecular complexity index is 1140. The van der Waals surface area contributed by atoms with E-state index in [0.29, 0.717) is 17.7 Å². The van der Waals surface area contributed by atoms with Crippen LogP contribution in [0.3, 0.4) is 0 Å². The molecule has 0 aliphatic carbocycles.